The number of carbonyl (C=O) groups excluding carboxylic acids is 1. The van der Waals surface area contributed by atoms with Crippen molar-refractivity contribution < 1.29 is 19.6 Å². The van der Waals surface area contributed by atoms with Crippen LogP contribution in [0.4, 0.5) is 17.1 Å². The molecule has 8 nitrogen and oxygen atoms in total. The molecule has 0 saturated heterocycles. The second kappa shape index (κ2) is 5.61. The average molecular weight is 291 g/mol. The summed E-state index contributed by atoms with van der Waals surface area (Å²) in [5, 5.41) is 22.7. The summed E-state index contributed by atoms with van der Waals surface area (Å²) in [7, 11) is 0. The molecule has 0 radical (unpaired) electrons. The van der Waals surface area contributed by atoms with E-state index in [1.54, 1.807) is 0 Å². The van der Waals surface area contributed by atoms with Gasteiger partial charge in [0.25, 0.3) is 5.69 Å². The van der Waals surface area contributed by atoms with E-state index in [0.29, 0.717) is 11.3 Å². The van der Waals surface area contributed by atoms with Crippen LogP contribution >= 0.6 is 0 Å². The first-order valence-electron chi connectivity index (χ1n) is 6.11. The molecule has 0 aromatic heterocycles. The van der Waals surface area contributed by atoms with Crippen LogP contribution in [0, 0.1) is 10.1 Å². The summed E-state index contributed by atoms with van der Waals surface area (Å²) in [5.41, 5.74) is 0.918. The second-order valence-electron chi connectivity index (χ2n) is 4.54. The summed E-state index contributed by atoms with van der Waals surface area (Å²) in [4.78, 5) is 34.2. The third kappa shape index (κ3) is 2.99. The number of nitro benzene ring substituents is 1. The van der Waals surface area contributed by atoms with Gasteiger partial charge in [-0.25, -0.2) is 0 Å². The lowest BCUT2D eigenvalue weighted by atomic mass is 10.1. The van der Waals surface area contributed by atoms with E-state index in [4.69, 9.17) is 5.11 Å². The Kier molecular flexibility index (Phi) is 3.88. The molecule has 2 rings (SSSR count). The maximum Gasteiger partial charge on any atom is 0.323 e. The molecule has 110 valence electrons. The number of nitrogens with one attached hydrogen (secondary N) is 1. The van der Waals surface area contributed by atoms with Gasteiger partial charge in [0.15, 0.2) is 0 Å². The molecular weight excluding hydrogens is 278 g/mol. The van der Waals surface area contributed by atoms with E-state index < -0.39 is 17.4 Å². The second-order valence-corrected chi connectivity index (χ2v) is 4.54. The molecule has 0 saturated carbocycles. The first-order valence-corrected chi connectivity index (χ1v) is 6.11. The number of hydrogen-bond donors (Lipinski definition) is 2. The van der Waals surface area contributed by atoms with Crippen LogP contribution in [-0.2, 0) is 16.0 Å². The van der Waals surface area contributed by atoms with Gasteiger partial charge in [-0.05, 0) is 11.6 Å². The molecule has 0 atom stereocenters. The van der Waals surface area contributed by atoms with Gasteiger partial charge < -0.3 is 15.3 Å². The molecular formula is C13H13N3O5. The molecule has 0 fully saturated rings. The number of hydrogen-bond acceptors (Lipinski definition) is 5. The van der Waals surface area contributed by atoms with Crippen LogP contribution in [0.3, 0.4) is 0 Å². The summed E-state index contributed by atoms with van der Waals surface area (Å²) in [6.45, 7) is 3.25. The maximum atomic E-state index is 11.4. The highest BCUT2D eigenvalue weighted by molar-refractivity contribution is 6.00. The Morgan fingerprint density at radius 3 is 2.86 bits per heavy atom. The van der Waals surface area contributed by atoms with Gasteiger partial charge in [0.1, 0.15) is 12.2 Å². The summed E-state index contributed by atoms with van der Waals surface area (Å²) in [6.07, 6.45) is 1.54. The van der Waals surface area contributed by atoms with Gasteiger partial charge in [-0.15, -0.1) is 6.58 Å². The number of anilines is 2. The molecule has 21 heavy (non-hydrogen) atoms. The number of carboxylic acid groups (broad SMARTS) is 1. The summed E-state index contributed by atoms with van der Waals surface area (Å²) in [5.74, 6) is -1.36. The molecule has 1 heterocycles. The van der Waals surface area contributed by atoms with E-state index >= 15 is 0 Å². The summed E-state index contributed by atoms with van der Waals surface area (Å²) < 4.78 is 0. The quantitative estimate of drug-likeness (QED) is 0.462. The number of carbonyl (C=O) groups is 2. The standard InChI is InChI=1S/C13H13N3O5/c1-2-3-15(7-13(18)19)10-6-9-8(5-12(17)14-9)4-11(10)16(20)21/h2,4,6H,1,3,5,7H2,(H,14,17)(H,18,19). The molecule has 0 aliphatic carbocycles. The van der Waals surface area contributed by atoms with Crippen LogP contribution in [0.25, 0.3) is 0 Å². The van der Waals surface area contributed by atoms with Crippen LogP contribution in [0.15, 0.2) is 24.8 Å². The predicted octanol–water partition coefficient (Wildman–Crippen LogP) is 1.17. The Morgan fingerprint density at radius 1 is 1.57 bits per heavy atom. The zero-order valence-electron chi connectivity index (χ0n) is 11.0. The minimum atomic E-state index is -1.12. The highest BCUT2D eigenvalue weighted by Crippen LogP contribution is 2.36. The van der Waals surface area contributed by atoms with Gasteiger partial charge in [0, 0.05) is 18.3 Å². The summed E-state index contributed by atoms with van der Waals surface area (Å²) >= 11 is 0. The largest absolute Gasteiger partial charge is 0.480 e. The Morgan fingerprint density at radius 2 is 2.29 bits per heavy atom. The van der Waals surface area contributed by atoms with E-state index in [0.717, 1.165) is 0 Å². The average Bonchev–Trinajstić information content (AvgIpc) is 2.75. The van der Waals surface area contributed by atoms with Crippen LogP contribution in [0.2, 0.25) is 0 Å². The van der Waals surface area contributed by atoms with Gasteiger partial charge in [0.05, 0.1) is 11.3 Å². The zero-order chi connectivity index (χ0) is 15.6. The first kappa shape index (κ1) is 14.5. The number of nitrogens with zero attached hydrogens (tertiary/aromatic N) is 2. The summed E-state index contributed by atoms with van der Waals surface area (Å²) in [6, 6.07) is 2.74. The molecule has 1 aliphatic rings. The minimum absolute atomic E-state index is 0.0802. The van der Waals surface area contributed by atoms with Crippen molar-refractivity contribution >= 4 is 28.9 Å². The van der Waals surface area contributed by atoms with Crippen molar-refractivity contribution in [2.75, 3.05) is 23.3 Å². The van der Waals surface area contributed by atoms with Crippen LogP contribution < -0.4 is 10.2 Å². The topological polar surface area (TPSA) is 113 Å². The fourth-order valence-electron chi connectivity index (χ4n) is 2.22. The van der Waals surface area contributed by atoms with E-state index in [1.807, 2.05) is 0 Å². The molecule has 0 unspecified atom stereocenters. The van der Waals surface area contributed by atoms with Gasteiger partial charge in [-0.2, -0.15) is 0 Å². The third-order valence-electron chi connectivity index (χ3n) is 3.04. The number of nitro groups is 1. The fraction of sp³-hybridized carbons (Fsp3) is 0.231. The fourth-order valence-corrected chi connectivity index (χ4v) is 2.22. The van der Waals surface area contributed by atoms with Crippen molar-refractivity contribution in [1.29, 1.82) is 0 Å². The number of fused-ring (bicyclic) bond motifs is 1. The van der Waals surface area contributed by atoms with Crippen molar-refractivity contribution in [2.24, 2.45) is 0 Å². The molecule has 2 N–H and O–H groups in total. The molecule has 1 amide bonds. The van der Waals surface area contributed by atoms with Gasteiger partial charge in [-0.1, -0.05) is 6.08 Å². The van der Waals surface area contributed by atoms with Gasteiger partial charge in [-0.3, -0.25) is 19.7 Å². The number of aliphatic carboxylic acids is 1. The highest BCUT2D eigenvalue weighted by Gasteiger charge is 2.27. The molecule has 0 bridgehead atoms. The van der Waals surface area contributed by atoms with Crippen LogP contribution in [0.5, 0.6) is 0 Å². The van der Waals surface area contributed by atoms with Crippen molar-refractivity contribution in [2.45, 2.75) is 6.42 Å². The lowest BCUT2D eigenvalue weighted by Crippen LogP contribution is -2.30. The predicted molar refractivity (Wildman–Crippen MR) is 75.5 cm³/mol. The van der Waals surface area contributed by atoms with Gasteiger partial charge in [0.2, 0.25) is 5.91 Å². The van der Waals surface area contributed by atoms with E-state index in [9.17, 15) is 19.7 Å². The van der Waals surface area contributed by atoms with Crippen molar-refractivity contribution in [3.05, 3.63) is 40.5 Å². The molecule has 1 aromatic rings. The first-order chi connectivity index (χ1) is 9.92. The lowest BCUT2D eigenvalue weighted by molar-refractivity contribution is -0.384. The Balaban J connectivity index is 2.51. The molecule has 0 spiro atoms. The monoisotopic (exact) mass is 291 g/mol. The SMILES string of the molecule is C=CCN(CC(=O)O)c1cc2c(cc1[N+](=O)[O-])CC(=O)N2. The van der Waals surface area contributed by atoms with E-state index in [-0.39, 0.29) is 30.2 Å². The lowest BCUT2D eigenvalue weighted by Gasteiger charge is -2.21. The zero-order valence-corrected chi connectivity index (χ0v) is 11.0. The molecule has 1 aliphatic heterocycles. The Bertz CT molecular complexity index is 641. The van der Waals surface area contributed by atoms with Crippen molar-refractivity contribution in [3.8, 4) is 0 Å². The van der Waals surface area contributed by atoms with E-state index in [2.05, 4.69) is 11.9 Å². The highest BCUT2D eigenvalue weighted by atomic mass is 16.6. The van der Waals surface area contributed by atoms with Crippen LogP contribution in [0.1, 0.15) is 5.56 Å². The van der Waals surface area contributed by atoms with Gasteiger partial charge >= 0.3 is 5.97 Å². The number of benzene rings is 1. The number of rotatable bonds is 6. The van der Waals surface area contributed by atoms with Crippen LogP contribution in [-0.4, -0.2) is 35.0 Å². The third-order valence-corrected chi connectivity index (χ3v) is 3.04. The maximum absolute atomic E-state index is 11.4. The Hall–Kier alpha value is -2.90. The van der Waals surface area contributed by atoms with E-state index in [1.165, 1.54) is 23.1 Å². The number of carboxylic acids is 1. The smallest absolute Gasteiger partial charge is 0.323 e. The normalized spacial score (nSPS) is 12.5. The molecule has 1 aromatic carbocycles. The number of amides is 1. The van der Waals surface area contributed by atoms with Crippen molar-refractivity contribution in [3.63, 3.8) is 0 Å². The Labute approximate surface area is 119 Å². The minimum Gasteiger partial charge on any atom is -0.480 e. The molecule has 8 heteroatoms. The van der Waals surface area contributed by atoms with Crippen molar-refractivity contribution in [1.82, 2.24) is 0 Å².